The summed E-state index contributed by atoms with van der Waals surface area (Å²) >= 11 is 5.99. The minimum atomic E-state index is -0.466. The second kappa shape index (κ2) is 8.46. The van der Waals surface area contributed by atoms with Crippen LogP contribution in [-0.4, -0.2) is 48.3 Å². The fourth-order valence-corrected chi connectivity index (χ4v) is 3.20. The number of hydrogen-bond acceptors (Lipinski definition) is 4. The minimum Gasteiger partial charge on any atom is -0.495 e. The average molecular weight is 400 g/mol. The summed E-state index contributed by atoms with van der Waals surface area (Å²) in [6.07, 6.45) is 1.72. The van der Waals surface area contributed by atoms with Crippen molar-refractivity contribution in [1.29, 1.82) is 0 Å². The van der Waals surface area contributed by atoms with Gasteiger partial charge in [0.1, 0.15) is 5.75 Å². The van der Waals surface area contributed by atoms with Crippen LogP contribution in [-0.2, 0) is 4.79 Å². The molecule has 2 aromatic carbocycles. The number of halogens is 1. The number of nitrogens with one attached hydrogen (secondary N) is 2. The van der Waals surface area contributed by atoms with Crippen molar-refractivity contribution in [2.45, 2.75) is 13.0 Å². The van der Waals surface area contributed by atoms with Gasteiger partial charge < -0.3 is 15.0 Å². The average Bonchev–Trinajstić information content (AvgIpc) is 3.11. The molecule has 0 saturated heterocycles. The Morgan fingerprint density at radius 2 is 2.00 bits per heavy atom. The van der Waals surface area contributed by atoms with Crippen molar-refractivity contribution in [3.8, 4) is 5.75 Å². The normalized spacial score (nSPS) is 12.2. The highest BCUT2D eigenvalue weighted by molar-refractivity contribution is 6.31. The molecule has 0 aliphatic rings. The van der Waals surface area contributed by atoms with Crippen LogP contribution < -0.4 is 10.1 Å². The Hall–Kier alpha value is -2.83. The molecule has 0 aliphatic heterocycles. The Morgan fingerprint density at radius 1 is 1.25 bits per heavy atom. The number of H-pyrrole nitrogens is 1. The van der Waals surface area contributed by atoms with Crippen LogP contribution in [0.25, 0.3) is 10.9 Å². The van der Waals surface area contributed by atoms with Crippen LogP contribution >= 0.6 is 11.6 Å². The van der Waals surface area contributed by atoms with E-state index in [-0.39, 0.29) is 18.2 Å². The lowest BCUT2D eigenvalue weighted by Gasteiger charge is -2.23. The van der Waals surface area contributed by atoms with E-state index in [1.54, 1.807) is 43.3 Å². The molecule has 0 radical (unpaired) electrons. The number of likely N-dealkylation sites (N-methyl/N-ethyl adjacent to an activating group) is 1. The summed E-state index contributed by atoms with van der Waals surface area (Å²) in [6, 6.07) is 12.2. The smallest absolute Gasteiger partial charge is 0.238 e. The Bertz CT molecular complexity index is 1020. The number of hydrogen-bond donors (Lipinski definition) is 2. The number of methoxy groups -OCH3 is 1. The van der Waals surface area contributed by atoms with Gasteiger partial charge in [-0.25, -0.2) is 0 Å². The fourth-order valence-electron chi connectivity index (χ4n) is 3.03. The topological polar surface area (TPSA) is 74.4 Å². The molecule has 0 fully saturated rings. The number of nitrogens with zero attached hydrogens (tertiary/aromatic N) is 1. The number of carbonyl (C=O) groups is 2. The van der Waals surface area contributed by atoms with Crippen molar-refractivity contribution >= 4 is 39.9 Å². The van der Waals surface area contributed by atoms with Crippen molar-refractivity contribution in [3.05, 3.63) is 59.2 Å². The predicted octanol–water partition coefficient (Wildman–Crippen LogP) is 3.97. The summed E-state index contributed by atoms with van der Waals surface area (Å²) in [5.74, 6) is 0.207. The summed E-state index contributed by atoms with van der Waals surface area (Å²) < 4.78 is 5.24. The summed E-state index contributed by atoms with van der Waals surface area (Å²) in [5, 5.41) is 4.15. The van der Waals surface area contributed by atoms with Crippen LogP contribution in [0, 0.1) is 0 Å². The summed E-state index contributed by atoms with van der Waals surface area (Å²) in [4.78, 5) is 30.2. The maximum Gasteiger partial charge on any atom is 0.238 e. The second-order valence-electron chi connectivity index (χ2n) is 6.60. The number of aromatic amines is 1. The molecular weight excluding hydrogens is 378 g/mol. The molecule has 1 atom stereocenters. The van der Waals surface area contributed by atoms with Gasteiger partial charge in [0.2, 0.25) is 5.91 Å². The molecule has 1 heterocycles. The van der Waals surface area contributed by atoms with E-state index in [4.69, 9.17) is 16.3 Å². The van der Waals surface area contributed by atoms with Crippen LogP contribution in [0.1, 0.15) is 17.3 Å². The van der Waals surface area contributed by atoms with Gasteiger partial charge in [-0.15, -0.1) is 0 Å². The van der Waals surface area contributed by atoms with Crippen LogP contribution in [0.4, 0.5) is 5.69 Å². The van der Waals surface area contributed by atoms with Gasteiger partial charge in [0, 0.05) is 27.7 Å². The lowest BCUT2D eigenvalue weighted by Crippen LogP contribution is -2.40. The van der Waals surface area contributed by atoms with Crippen molar-refractivity contribution in [2.75, 3.05) is 26.0 Å². The Morgan fingerprint density at radius 3 is 2.75 bits per heavy atom. The van der Waals surface area contributed by atoms with E-state index in [1.165, 1.54) is 7.11 Å². The fraction of sp³-hybridized carbons (Fsp3) is 0.238. The number of para-hydroxylation sites is 1. The van der Waals surface area contributed by atoms with Gasteiger partial charge in [-0.3, -0.25) is 14.5 Å². The zero-order chi connectivity index (χ0) is 20.3. The van der Waals surface area contributed by atoms with Crippen LogP contribution in [0.2, 0.25) is 5.02 Å². The molecule has 3 aromatic rings. The molecule has 0 spiro atoms. The quantitative estimate of drug-likeness (QED) is 0.589. The number of carbonyl (C=O) groups excluding carboxylic acids is 2. The Labute approximate surface area is 168 Å². The number of aromatic nitrogens is 1. The van der Waals surface area contributed by atoms with Crippen LogP contribution in [0.15, 0.2) is 48.7 Å². The molecule has 0 aliphatic carbocycles. The lowest BCUT2D eigenvalue weighted by molar-refractivity contribution is -0.117. The minimum absolute atomic E-state index is 0.0466. The van der Waals surface area contributed by atoms with Crippen LogP contribution in [0.3, 0.4) is 0 Å². The molecular formula is C21H22ClN3O3. The first-order valence-electron chi connectivity index (χ1n) is 8.84. The number of fused-ring (bicyclic) bond motifs is 1. The Kier molecular flexibility index (Phi) is 6.02. The summed E-state index contributed by atoms with van der Waals surface area (Å²) in [5.41, 5.74) is 2.02. The SMILES string of the molecule is COc1ccc(Cl)cc1NC(=O)CN(C)[C@@H](C)C(=O)c1c[nH]c2ccccc12. The number of Topliss-reactive ketones (excluding diaryl/α,β-unsaturated/α-hetero) is 1. The van der Waals surface area contributed by atoms with E-state index in [9.17, 15) is 9.59 Å². The van der Waals surface area contributed by atoms with Crippen molar-refractivity contribution in [2.24, 2.45) is 0 Å². The second-order valence-corrected chi connectivity index (χ2v) is 7.03. The van der Waals surface area contributed by atoms with Gasteiger partial charge in [-0.05, 0) is 38.2 Å². The highest BCUT2D eigenvalue weighted by Gasteiger charge is 2.24. The largest absolute Gasteiger partial charge is 0.495 e. The van der Waals surface area contributed by atoms with Gasteiger partial charge in [0.15, 0.2) is 5.78 Å². The van der Waals surface area contributed by atoms with E-state index in [0.717, 1.165) is 10.9 Å². The third kappa shape index (κ3) is 4.18. The van der Waals surface area contributed by atoms with E-state index in [2.05, 4.69) is 10.3 Å². The summed E-state index contributed by atoms with van der Waals surface area (Å²) in [6.45, 7) is 1.84. The molecule has 28 heavy (non-hydrogen) atoms. The number of benzene rings is 2. The third-order valence-corrected chi connectivity index (χ3v) is 4.96. The zero-order valence-corrected chi connectivity index (χ0v) is 16.7. The van der Waals surface area contributed by atoms with Crippen molar-refractivity contribution < 1.29 is 14.3 Å². The molecule has 1 aromatic heterocycles. The first kappa shape index (κ1) is 19.9. The van der Waals surface area contributed by atoms with Crippen molar-refractivity contribution in [1.82, 2.24) is 9.88 Å². The molecule has 0 bridgehead atoms. The van der Waals surface area contributed by atoms with Crippen LogP contribution in [0.5, 0.6) is 5.75 Å². The van der Waals surface area contributed by atoms with Gasteiger partial charge in [0.25, 0.3) is 0 Å². The predicted molar refractivity (Wildman–Crippen MR) is 111 cm³/mol. The molecule has 146 valence electrons. The van der Waals surface area contributed by atoms with Gasteiger partial charge >= 0.3 is 0 Å². The monoisotopic (exact) mass is 399 g/mol. The number of anilines is 1. The maximum atomic E-state index is 12.9. The molecule has 1 amide bonds. The van der Waals surface area contributed by atoms with Gasteiger partial charge in [-0.1, -0.05) is 29.8 Å². The number of amides is 1. The summed E-state index contributed by atoms with van der Waals surface area (Å²) in [7, 11) is 3.26. The van der Waals surface area contributed by atoms with E-state index < -0.39 is 6.04 Å². The highest BCUT2D eigenvalue weighted by Crippen LogP contribution is 2.27. The highest BCUT2D eigenvalue weighted by atomic mass is 35.5. The number of ether oxygens (including phenoxy) is 1. The first-order chi connectivity index (χ1) is 13.4. The molecule has 0 unspecified atom stereocenters. The maximum absolute atomic E-state index is 12.9. The van der Waals surface area contributed by atoms with Gasteiger partial charge in [0.05, 0.1) is 25.4 Å². The molecule has 7 heteroatoms. The Balaban J connectivity index is 1.68. The van der Waals surface area contributed by atoms with E-state index >= 15 is 0 Å². The van der Waals surface area contributed by atoms with Gasteiger partial charge in [-0.2, -0.15) is 0 Å². The molecule has 2 N–H and O–H groups in total. The lowest BCUT2D eigenvalue weighted by atomic mass is 10.0. The molecule has 6 nitrogen and oxygen atoms in total. The number of ketones is 1. The molecule has 3 rings (SSSR count). The van der Waals surface area contributed by atoms with E-state index in [1.807, 2.05) is 24.3 Å². The first-order valence-corrected chi connectivity index (χ1v) is 9.22. The zero-order valence-electron chi connectivity index (χ0n) is 16.0. The number of rotatable bonds is 7. The molecule has 0 saturated carbocycles. The third-order valence-electron chi connectivity index (χ3n) is 4.72. The van der Waals surface area contributed by atoms with Crippen molar-refractivity contribution in [3.63, 3.8) is 0 Å². The van der Waals surface area contributed by atoms with E-state index in [0.29, 0.717) is 22.0 Å². The standard InChI is InChI=1S/C21H22ClN3O3/c1-13(21(27)16-11-23-17-7-5-4-6-15(16)17)25(2)12-20(26)24-18-10-14(22)8-9-19(18)28-3/h4-11,13,23H,12H2,1-3H3,(H,24,26)/t13-/m0/s1.